The maximum atomic E-state index is 12.5. The van der Waals surface area contributed by atoms with E-state index in [0.717, 1.165) is 29.6 Å². The molecule has 2 amide bonds. The van der Waals surface area contributed by atoms with Crippen molar-refractivity contribution in [3.05, 3.63) is 66.4 Å². The molecule has 2 heterocycles. The fraction of sp³-hybridized carbons (Fsp3) is 0.150. The van der Waals surface area contributed by atoms with Gasteiger partial charge < -0.3 is 10.2 Å². The van der Waals surface area contributed by atoms with Crippen molar-refractivity contribution >= 4 is 34.1 Å². The third-order valence-electron chi connectivity index (χ3n) is 4.38. The van der Waals surface area contributed by atoms with Gasteiger partial charge in [-0.15, -0.1) is 0 Å². The van der Waals surface area contributed by atoms with E-state index >= 15 is 0 Å². The Morgan fingerprint density at radius 1 is 1.08 bits per heavy atom. The zero-order chi connectivity index (χ0) is 17.2. The second-order valence-corrected chi connectivity index (χ2v) is 6.06. The smallest absolute Gasteiger partial charge is 0.255 e. The number of hydrogen-bond acceptors (Lipinski definition) is 3. The van der Waals surface area contributed by atoms with Gasteiger partial charge in [0.05, 0.1) is 5.52 Å². The zero-order valence-corrected chi connectivity index (χ0v) is 13.6. The molecule has 5 nitrogen and oxygen atoms in total. The fourth-order valence-electron chi connectivity index (χ4n) is 3.07. The van der Waals surface area contributed by atoms with Crippen LogP contribution in [0.5, 0.6) is 0 Å². The minimum Gasteiger partial charge on any atom is -0.322 e. The van der Waals surface area contributed by atoms with Crippen molar-refractivity contribution in [3.8, 4) is 0 Å². The minimum atomic E-state index is -0.171. The predicted molar refractivity (Wildman–Crippen MR) is 97.7 cm³/mol. The van der Waals surface area contributed by atoms with Gasteiger partial charge in [0.2, 0.25) is 5.91 Å². The normalized spacial score (nSPS) is 14.1. The number of pyridine rings is 1. The Kier molecular flexibility index (Phi) is 3.90. The van der Waals surface area contributed by atoms with Crippen LogP contribution in [0, 0.1) is 0 Å². The number of benzene rings is 2. The monoisotopic (exact) mass is 331 g/mol. The first kappa shape index (κ1) is 15.3. The van der Waals surface area contributed by atoms with E-state index in [4.69, 9.17) is 0 Å². The van der Waals surface area contributed by atoms with E-state index in [0.29, 0.717) is 17.7 Å². The molecular weight excluding hydrogens is 314 g/mol. The summed E-state index contributed by atoms with van der Waals surface area (Å²) in [6, 6.07) is 16.6. The second-order valence-electron chi connectivity index (χ2n) is 6.06. The van der Waals surface area contributed by atoms with Crippen LogP contribution in [0.1, 0.15) is 23.2 Å². The first-order chi connectivity index (χ1) is 12.2. The van der Waals surface area contributed by atoms with Gasteiger partial charge in [-0.2, -0.15) is 0 Å². The molecule has 1 aliphatic rings. The molecule has 1 fully saturated rings. The van der Waals surface area contributed by atoms with Crippen molar-refractivity contribution in [1.29, 1.82) is 0 Å². The lowest BCUT2D eigenvalue weighted by Gasteiger charge is -2.16. The van der Waals surface area contributed by atoms with Crippen LogP contribution >= 0.6 is 0 Å². The molecule has 124 valence electrons. The van der Waals surface area contributed by atoms with Crippen LogP contribution in [-0.2, 0) is 4.79 Å². The highest BCUT2D eigenvalue weighted by Crippen LogP contribution is 2.23. The van der Waals surface area contributed by atoms with Crippen LogP contribution in [0.3, 0.4) is 0 Å². The Morgan fingerprint density at radius 2 is 1.92 bits per heavy atom. The summed E-state index contributed by atoms with van der Waals surface area (Å²) in [6.45, 7) is 0.760. The van der Waals surface area contributed by atoms with Crippen LogP contribution in [0.4, 0.5) is 11.4 Å². The second kappa shape index (κ2) is 6.36. The fourth-order valence-corrected chi connectivity index (χ4v) is 3.07. The van der Waals surface area contributed by atoms with E-state index in [1.807, 2.05) is 48.5 Å². The molecule has 0 aliphatic carbocycles. The average molecular weight is 331 g/mol. The number of carbonyl (C=O) groups excluding carboxylic acids is 2. The lowest BCUT2D eigenvalue weighted by molar-refractivity contribution is -0.117. The topological polar surface area (TPSA) is 62.3 Å². The standard InChI is InChI=1S/C20H17N3O2/c24-19-4-2-12-23(19)17-8-6-16(7-9-17)22-20(25)15-5-10-18-14(13-15)3-1-11-21-18/h1,3,5-11,13H,2,4,12H2,(H,22,25). The third kappa shape index (κ3) is 3.08. The first-order valence-electron chi connectivity index (χ1n) is 8.27. The summed E-state index contributed by atoms with van der Waals surface area (Å²) in [6.07, 6.45) is 3.23. The number of nitrogens with one attached hydrogen (secondary N) is 1. The predicted octanol–water partition coefficient (Wildman–Crippen LogP) is 3.61. The Bertz CT molecular complexity index is 951. The summed E-state index contributed by atoms with van der Waals surface area (Å²) in [5, 5.41) is 3.82. The largest absolute Gasteiger partial charge is 0.322 e. The van der Waals surface area contributed by atoms with Gasteiger partial charge in [0.15, 0.2) is 0 Å². The molecule has 0 bridgehead atoms. The van der Waals surface area contributed by atoms with E-state index in [-0.39, 0.29) is 11.8 Å². The molecule has 1 saturated heterocycles. The SMILES string of the molecule is O=C(Nc1ccc(N2CCCC2=O)cc1)c1ccc2ncccc2c1. The minimum absolute atomic E-state index is 0.154. The van der Waals surface area contributed by atoms with Crippen molar-refractivity contribution in [2.24, 2.45) is 0 Å². The van der Waals surface area contributed by atoms with Gasteiger partial charge in [0.25, 0.3) is 5.91 Å². The average Bonchev–Trinajstić information content (AvgIpc) is 3.08. The lowest BCUT2D eigenvalue weighted by Crippen LogP contribution is -2.23. The number of hydrogen-bond donors (Lipinski definition) is 1. The highest BCUT2D eigenvalue weighted by molar-refractivity contribution is 6.06. The van der Waals surface area contributed by atoms with Crippen LogP contribution in [0.15, 0.2) is 60.8 Å². The quantitative estimate of drug-likeness (QED) is 0.797. The number of carbonyl (C=O) groups is 2. The molecule has 25 heavy (non-hydrogen) atoms. The lowest BCUT2D eigenvalue weighted by atomic mass is 10.1. The number of rotatable bonds is 3. The van der Waals surface area contributed by atoms with Crippen LogP contribution in [0.25, 0.3) is 10.9 Å². The van der Waals surface area contributed by atoms with E-state index in [1.54, 1.807) is 17.2 Å². The number of fused-ring (bicyclic) bond motifs is 1. The number of amides is 2. The van der Waals surface area contributed by atoms with E-state index < -0.39 is 0 Å². The summed E-state index contributed by atoms with van der Waals surface area (Å²) in [5.41, 5.74) is 3.02. The number of aromatic nitrogens is 1. The molecule has 5 heteroatoms. The van der Waals surface area contributed by atoms with Gasteiger partial charge in [-0.3, -0.25) is 14.6 Å². The molecule has 3 aromatic rings. The van der Waals surface area contributed by atoms with Gasteiger partial charge in [-0.25, -0.2) is 0 Å². The molecule has 1 aromatic heterocycles. The summed E-state index contributed by atoms with van der Waals surface area (Å²) >= 11 is 0. The molecule has 1 aliphatic heterocycles. The summed E-state index contributed by atoms with van der Waals surface area (Å²) < 4.78 is 0. The maximum absolute atomic E-state index is 12.5. The summed E-state index contributed by atoms with van der Waals surface area (Å²) in [7, 11) is 0. The molecule has 0 saturated carbocycles. The van der Waals surface area contributed by atoms with Crippen molar-refractivity contribution in [2.45, 2.75) is 12.8 Å². The molecule has 1 N–H and O–H groups in total. The maximum Gasteiger partial charge on any atom is 0.255 e. The molecule has 0 radical (unpaired) electrons. The Balaban J connectivity index is 1.50. The highest BCUT2D eigenvalue weighted by Gasteiger charge is 2.21. The molecule has 0 atom stereocenters. The third-order valence-corrected chi connectivity index (χ3v) is 4.38. The highest BCUT2D eigenvalue weighted by atomic mass is 16.2. The van der Waals surface area contributed by atoms with Crippen LogP contribution in [-0.4, -0.2) is 23.3 Å². The zero-order valence-electron chi connectivity index (χ0n) is 13.6. The van der Waals surface area contributed by atoms with Crippen LogP contribution < -0.4 is 10.2 Å². The molecule has 2 aromatic carbocycles. The van der Waals surface area contributed by atoms with Gasteiger partial charge in [-0.05, 0) is 55.0 Å². The molecule has 0 spiro atoms. The molecular formula is C20H17N3O2. The van der Waals surface area contributed by atoms with Crippen LogP contribution in [0.2, 0.25) is 0 Å². The molecule has 4 rings (SSSR count). The van der Waals surface area contributed by atoms with E-state index in [2.05, 4.69) is 10.3 Å². The Labute approximate surface area is 145 Å². The van der Waals surface area contributed by atoms with Crippen molar-refractivity contribution in [2.75, 3.05) is 16.8 Å². The van der Waals surface area contributed by atoms with Gasteiger partial charge >= 0.3 is 0 Å². The van der Waals surface area contributed by atoms with E-state index in [1.165, 1.54) is 0 Å². The van der Waals surface area contributed by atoms with E-state index in [9.17, 15) is 9.59 Å². The number of anilines is 2. The van der Waals surface area contributed by atoms with Gasteiger partial charge in [0.1, 0.15) is 0 Å². The first-order valence-corrected chi connectivity index (χ1v) is 8.27. The van der Waals surface area contributed by atoms with Crippen molar-refractivity contribution in [1.82, 2.24) is 4.98 Å². The summed E-state index contributed by atoms with van der Waals surface area (Å²) in [5.74, 6) is -0.0164. The van der Waals surface area contributed by atoms with Gasteiger partial charge in [0, 0.05) is 41.5 Å². The Hall–Kier alpha value is -3.21. The molecule has 0 unspecified atom stereocenters. The van der Waals surface area contributed by atoms with Crippen molar-refractivity contribution in [3.63, 3.8) is 0 Å². The number of nitrogens with zero attached hydrogens (tertiary/aromatic N) is 2. The van der Waals surface area contributed by atoms with Gasteiger partial charge in [-0.1, -0.05) is 6.07 Å². The van der Waals surface area contributed by atoms with Crippen molar-refractivity contribution < 1.29 is 9.59 Å². The Morgan fingerprint density at radius 3 is 2.68 bits per heavy atom. The summed E-state index contributed by atoms with van der Waals surface area (Å²) in [4.78, 5) is 30.3.